The average molecular weight is 220 g/mol. The Morgan fingerprint density at radius 1 is 0.875 bits per heavy atom. The molecular formula is C12H16N2O2. The van der Waals surface area contributed by atoms with Crippen LogP contribution in [0.1, 0.15) is 37.4 Å². The summed E-state index contributed by atoms with van der Waals surface area (Å²) in [5, 5.41) is 3.92. The Hall–Kier alpha value is -0.940. The molecule has 4 unspecified atom stereocenters. The third kappa shape index (κ3) is 1.74. The molecule has 0 bridgehead atoms. The fourth-order valence-electron chi connectivity index (χ4n) is 1.96. The molecule has 0 saturated carbocycles. The van der Waals surface area contributed by atoms with E-state index in [-0.39, 0.29) is 12.5 Å². The first-order valence-electron chi connectivity index (χ1n) is 5.80. The molecule has 2 saturated heterocycles. The molecule has 0 radical (unpaired) electrons. The van der Waals surface area contributed by atoms with Gasteiger partial charge in [-0.25, -0.2) is 0 Å². The summed E-state index contributed by atoms with van der Waals surface area (Å²) in [6.45, 7) is 6.04. The van der Waals surface area contributed by atoms with Gasteiger partial charge in [0.1, 0.15) is 0 Å². The largest absolute Gasteiger partial charge is 0.270 e. The van der Waals surface area contributed by atoms with Gasteiger partial charge in [-0.05, 0) is 25.0 Å². The third-order valence-corrected chi connectivity index (χ3v) is 3.03. The van der Waals surface area contributed by atoms with Crippen LogP contribution < -0.4 is 0 Å². The van der Waals surface area contributed by atoms with E-state index >= 15 is 0 Å². The molecule has 2 heterocycles. The van der Waals surface area contributed by atoms with Crippen molar-refractivity contribution in [3.8, 4) is 0 Å². The summed E-state index contributed by atoms with van der Waals surface area (Å²) in [7, 11) is 0. The van der Waals surface area contributed by atoms with Crippen molar-refractivity contribution >= 4 is 0 Å². The van der Waals surface area contributed by atoms with E-state index in [9.17, 15) is 0 Å². The molecule has 4 nitrogen and oxygen atoms in total. The van der Waals surface area contributed by atoms with E-state index in [4.69, 9.17) is 9.68 Å². The van der Waals surface area contributed by atoms with Crippen molar-refractivity contribution in [3.63, 3.8) is 0 Å². The minimum atomic E-state index is 0.168. The van der Waals surface area contributed by atoms with Crippen LogP contribution >= 0.6 is 0 Å². The Labute approximate surface area is 95.3 Å². The molecule has 0 spiro atoms. The third-order valence-electron chi connectivity index (χ3n) is 3.03. The second-order valence-corrected chi connectivity index (χ2v) is 4.05. The van der Waals surface area contributed by atoms with Crippen molar-refractivity contribution in [2.24, 2.45) is 0 Å². The van der Waals surface area contributed by atoms with E-state index in [1.165, 1.54) is 11.1 Å². The van der Waals surface area contributed by atoms with Crippen LogP contribution in [0.2, 0.25) is 0 Å². The lowest BCUT2D eigenvalue weighted by molar-refractivity contribution is 0.206. The zero-order valence-electron chi connectivity index (χ0n) is 9.59. The Morgan fingerprint density at radius 3 is 1.50 bits per heavy atom. The maximum absolute atomic E-state index is 5.40. The molecular weight excluding hydrogens is 204 g/mol. The van der Waals surface area contributed by atoms with Crippen LogP contribution in [0.3, 0.4) is 0 Å². The quantitative estimate of drug-likeness (QED) is 0.728. The van der Waals surface area contributed by atoms with Gasteiger partial charge in [-0.2, -0.15) is 10.1 Å². The van der Waals surface area contributed by atoms with Gasteiger partial charge in [0.25, 0.3) is 0 Å². The topological polar surface area (TPSA) is 31.1 Å². The van der Waals surface area contributed by atoms with Crippen molar-refractivity contribution in [1.29, 1.82) is 0 Å². The van der Waals surface area contributed by atoms with Gasteiger partial charge in [0.05, 0.1) is 0 Å². The zero-order chi connectivity index (χ0) is 11.1. The Kier molecular flexibility index (Phi) is 2.44. The lowest BCUT2D eigenvalue weighted by atomic mass is 10.1. The smallest absolute Gasteiger partial charge is 0.179 e. The van der Waals surface area contributed by atoms with Gasteiger partial charge in [0, 0.05) is 13.1 Å². The molecule has 4 heteroatoms. The van der Waals surface area contributed by atoms with E-state index in [1.807, 2.05) is 10.1 Å². The molecule has 0 aliphatic carbocycles. The minimum absolute atomic E-state index is 0.168. The molecule has 0 aromatic heterocycles. The first-order chi connectivity index (χ1) is 7.83. The van der Waals surface area contributed by atoms with Crippen LogP contribution in [-0.4, -0.2) is 23.2 Å². The number of hydroxylamine groups is 4. The highest BCUT2D eigenvalue weighted by atomic mass is 16.8. The molecule has 4 atom stereocenters. The molecule has 2 fully saturated rings. The Bertz CT molecular complexity index is 342. The van der Waals surface area contributed by atoms with Crippen molar-refractivity contribution in [3.05, 3.63) is 35.4 Å². The van der Waals surface area contributed by atoms with Gasteiger partial charge in [-0.3, -0.25) is 9.68 Å². The highest BCUT2D eigenvalue weighted by molar-refractivity contribution is 5.27. The van der Waals surface area contributed by atoms with Crippen LogP contribution in [0.5, 0.6) is 0 Å². The van der Waals surface area contributed by atoms with Crippen LogP contribution in [-0.2, 0) is 9.68 Å². The van der Waals surface area contributed by atoms with Crippen molar-refractivity contribution in [1.82, 2.24) is 10.1 Å². The molecule has 16 heavy (non-hydrogen) atoms. The summed E-state index contributed by atoms with van der Waals surface area (Å²) in [5.74, 6) is 0. The summed E-state index contributed by atoms with van der Waals surface area (Å²) in [6, 6.07) is 8.46. The van der Waals surface area contributed by atoms with Gasteiger partial charge >= 0.3 is 0 Å². The number of hydrogen-bond acceptors (Lipinski definition) is 4. The molecule has 86 valence electrons. The van der Waals surface area contributed by atoms with Crippen molar-refractivity contribution in [2.45, 2.75) is 26.3 Å². The Balaban J connectivity index is 1.67. The number of benzene rings is 1. The molecule has 2 aliphatic rings. The summed E-state index contributed by atoms with van der Waals surface area (Å²) in [4.78, 5) is 10.8. The van der Waals surface area contributed by atoms with Gasteiger partial charge in [-0.15, -0.1) is 0 Å². The maximum Gasteiger partial charge on any atom is 0.179 e. The van der Waals surface area contributed by atoms with Crippen molar-refractivity contribution < 1.29 is 9.68 Å². The molecule has 2 aliphatic heterocycles. The predicted molar refractivity (Wildman–Crippen MR) is 58.9 cm³/mol. The van der Waals surface area contributed by atoms with E-state index in [0.29, 0.717) is 0 Å². The molecule has 0 N–H and O–H groups in total. The molecule has 1 aromatic carbocycles. The SMILES string of the molecule is CCN1OC1c1ccc(C2ON2CC)cc1. The molecule has 3 rings (SSSR count). The normalized spacial score (nSPS) is 36.1. The number of rotatable bonds is 4. The summed E-state index contributed by atoms with van der Waals surface area (Å²) in [6.07, 6.45) is 0.336. The lowest BCUT2D eigenvalue weighted by Crippen LogP contribution is -1.97. The fraction of sp³-hybridized carbons (Fsp3) is 0.500. The van der Waals surface area contributed by atoms with Crippen molar-refractivity contribution in [2.75, 3.05) is 13.1 Å². The number of nitrogens with zero attached hydrogens (tertiary/aromatic N) is 2. The first-order valence-corrected chi connectivity index (χ1v) is 5.80. The zero-order valence-corrected chi connectivity index (χ0v) is 9.59. The monoisotopic (exact) mass is 220 g/mol. The van der Waals surface area contributed by atoms with E-state index in [1.54, 1.807) is 0 Å². The summed E-state index contributed by atoms with van der Waals surface area (Å²) in [5.41, 5.74) is 2.43. The summed E-state index contributed by atoms with van der Waals surface area (Å²) < 4.78 is 0. The first kappa shape index (κ1) is 10.2. The van der Waals surface area contributed by atoms with Gasteiger partial charge in [0.15, 0.2) is 12.5 Å². The second kappa shape index (κ2) is 3.82. The van der Waals surface area contributed by atoms with E-state index in [2.05, 4.69) is 38.1 Å². The van der Waals surface area contributed by atoms with Crippen LogP contribution in [0.4, 0.5) is 0 Å². The van der Waals surface area contributed by atoms with E-state index < -0.39 is 0 Å². The van der Waals surface area contributed by atoms with Gasteiger partial charge in [-0.1, -0.05) is 24.3 Å². The van der Waals surface area contributed by atoms with Crippen LogP contribution in [0.15, 0.2) is 24.3 Å². The van der Waals surface area contributed by atoms with E-state index in [0.717, 1.165) is 13.1 Å². The molecule has 0 amide bonds. The van der Waals surface area contributed by atoms with Crippen LogP contribution in [0, 0.1) is 0 Å². The fourth-order valence-corrected chi connectivity index (χ4v) is 1.96. The highest BCUT2D eigenvalue weighted by Gasteiger charge is 2.38. The predicted octanol–water partition coefficient (Wildman–Crippen LogP) is 2.22. The lowest BCUT2D eigenvalue weighted by Gasteiger charge is -1.98. The van der Waals surface area contributed by atoms with Crippen LogP contribution in [0.25, 0.3) is 0 Å². The minimum Gasteiger partial charge on any atom is -0.270 e. The van der Waals surface area contributed by atoms with Gasteiger partial charge in [0.2, 0.25) is 0 Å². The second-order valence-electron chi connectivity index (χ2n) is 4.05. The molecule has 1 aromatic rings. The number of hydrogen-bond donors (Lipinski definition) is 0. The maximum atomic E-state index is 5.40. The van der Waals surface area contributed by atoms with Gasteiger partial charge < -0.3 is 0 Å². The highest BCUT2D eigenvalue weighted by Crippen LogP contribution is 2.39. The summed E-state index contributed by atoms with van der Waals surface area (Å²) >= 11 is 0. The average Bonchev–Trinajstić information content (AvgIpc) is 3.22. The standard InChI is InChI=1S/C12H16N2O2/c1-3-13-11(15-13)9-5-7-10(8-6-9)12-14(4-2)16-12/h5-8,11-12H,3-4H2,1-2H3. The Morgan fingerprint density at radius 2 is 1.25 bits per heavy atom.